The summed E-state index contributed by atoms with van der Waals surface area (Å²) in [5, 5.41) is 0. The molecule has 1 rings (SSSR count). The first kappa shape index (κ1) is 12.8. The van der Waals surface area contributed by atoms with Crippen molar-refractivity contribution in [2.24, 2.45) is 5.73 Å². The number of carbonyl (C=O) groups is 2. The van der Waals surface area contributed by atoms with Crippen molar-refractivity contribution in [3.8, 4) is 11.5 Å². The molecule has 1 amide bonds. The Hall–Kier alpha value is -2.24. The minimum Gasteiger partial charge on any atom is -0.497 e. The number of rotatable bonds is 5. The number of primary amides is 1. The first-order chi connectivity index (χ1) is 8.08. The van der Waals surface area contributed by atoms with Crippen LogP contribution < -0.4 is 15.2 Å². The van der Waals surface area contributed by atoms with Crippen molar-refractivity contribution in [1.29, 1.82) is 0 Å². The van der Waals surface area contributed by atoms with E-state index in [1.165, 1.54) is 26.4 Å². The van der Waals surface area contributed by atoms with Gasteiger partial charge in [0.1, 0.15) is 11.5 Å². The lowest BCUT2D eigenvalue weighted by Gasteiger charge is -2.09. The van der Waals surface area contributed by atoms with Gasteiger partial charge in [0.25, 0.3) is 5.91 Å². The van der Waals surface area contributed by atoms with Gasteiger partial charge in [-0.25, -0.2) is 4.79 Å². The molecule has 0 fully saturated rings. The van der Waals surface area contributed by atoms with E-state index < -0.39 is 11.9 Å². The summed E-state index contributed by atoms with van der Waals surface area (Å²) in [5.41, 5.74) is 5.33. The number of amides is 1. The number of hydrogen-bond acceptors (Lipinski definition) is 5. The molecule has 17 heavy (non-hydrogen) atoms. The van der Waals surface area contributed by atoms with Crippen LogP contribution in [0.25, 0.3) is 0 Å². The largest absolute Gasteiger partial charge is 0.497 e. The van der Waals surface area contributed by atoms with Gasteiger partial charge < -0.3 is 19.9 Å². The van der Waals surface area contributed by atoms with Gasteiger partial charge in [0.05, 0.1) is 19.8 Å². The Morgan fingerprint density at radius 2 is 2.00 bits per heavy atom. The van der Waals surface area contributed by atoms with Crippen LogP contribution in [0.1, 0.15) is 10.4 Å². The molecule has 0 aromatic heterocycles. The van der Waals surface area contributed by atoms with Crippen LogP contribution in [-0.4, -0.2) is 32.7 Å². The van der Waals surface area contributed by atoms with Crippen molar-refractivity contribution < 1.29 is 23.8 Å². The number of hydrogen-bond donors (Lipinski definition) is 1. The molecule has 0 saturated carbocycles. The summed E-state index contributed by atoms with van der Waals surface area (Å²) in [6, 6.07) is 4.54. The Balaban J connectivity index is 2.90. The fourth-order valence-corrected chi connectivity index (χ4v) is 1.15. The summed E-state index contributed by atoms with van der Waals surface area (Å²) in [6.45, 7) is -0.289. The second-order valence-electron chi connectivity index (χ2n) is 3.09. The monoisotopic (exact) mass is 239 g/mol. The maximum Gasteiger partial charge on any atom is 0.343 e. The average molecular weight is 239 g/mol. The Morgan fingerprint density at radius 3 is 2.53 bits per heavy atom. The Labute approximate surface area is 98.3 Å². The molecule has 0 aliphatic rings. The van der Waals surface area contributed by atoms with Crippen molar-refractivity contribution in [2.45, 2.75) is 0 Å². The quantitative estimate of drug-likeness (QED) is 0.749. The van der Waals surface area contributed by atoms with Crippen LogP contribution in [0.2, 0.25) is 0 Å². The molecule has 0 atom stereocenters. The second-order valence-corrected chi connectivity index (χ2v) is 3.09. The molecule has 0 radical (unpaired) electrons. The summed E-state index contributed by atoms with van der Waals surface area (Å²) < 4.78 is 14.5. The summed E-state index contributed by atoms with van der Waals surface area (Å²) in [4.78, 5) is 22.1. The third kappa shape index (κ3) is 3.37. The van der Waals surface area contributed by atoms with E-state index in [4.69, 9.17) is 15.2 Å². The van der Waals surface area contributed by atoms with Crippen molar-refractivity contribution in [3.63, 3.8) is 0 Å². The molecule has 0 unspecified atom stereocenters. The van der Waals surface area contributed by atoms with Gasteiger partial charge in [0.15, 0.2) is 6.61 Å². The molecule has 1 aromatic carbocycles. The molecule has 2 N–H and O–H groups in total. The fourth-order valence-electron chi connectivity index (χ4n) is 1.15. The minimum absolute atomic E-state index is 0.147. The Kier molecular flexibility index (Phi) is 4.33. The molecule has 92 valence electrons. The number of methoxy groups -OCH3 is 2. The first-order valence-corrected chi connectivity index (χ1v) is 4.76. The molecule has 0 spiro atoms. The molecule has 0 bridgehead atoms. The van der Waals surface area contributed by atoms with Gasteiger partial charge in [0, 0.05) is 0 Å². The number of esters is 1. The van der Waals surface area contributed by atoms with Crippen LogP contribution in [0.3, 0.4) is 0 Å². The van der Waals surface area contributed by atoms with Crippen LogP contribution >= 0.6 is 0 Å². The van der Waals surface area contributed by atoms with E-state index in [1.807, 2.05) is 0 Å². The van der Waals surface area contributed by atoms with Crippen LogP contribution in [0.15, 0.2) is 18.2 Å². The predicted molar refractivity (Wildman–Crippen MR) is 59.0 cm³/mol. The van der Waals surface area contributed by atoms with Gasteiger partial charge in [-0.3, -0.25) is 4.79 Å². The van der Waals surface area contributed by atoms with Gasteiger partial charge in [-0.1, -0.05) is 0 Å². The first-order valence-electron chi connectivity index (χ1n) is 4.76. The van der Waals surface area contributed by atoms with E-state index in [0.29, 0.717) is 5.75 Å². The SMILES string of the molecule is COC(=O)COc1ccc(OC)cc1C(N)=O. The highest BCUT2D eigenvalue weighted by Gasteiger charge is 2.12. The van der Waals surface area contributed by atoms with E-state index in [2.05, 4.69) is 4.74 Å². The molecule has 0 heterocycles. The van der Waals surface area contributed by atoms with Crippen molar-refractivity contribution in [1.82, 2.24) is 0 Å². The lowest BCUT2D eigenvalue weighted by atomic mass is 10.2. The molecule has 6 heteroatoms. The van der Waals surface area contributed by atoms with E-state index in [0.717, 1.165) is 0 Å². The number of nitrogens with two attached hydrogens (primary N) is 1. The van der Waals surface area contributed by atoms with Crippen molar-refractivity contribution in [2.75, 3.05) is 20.8 Å². The predicted octanol–water partition coefficient (Wildman–Crippen LogP) is 0.346. The van der Waals surface area contributed by atoms with Crippen LogP contribution in [-0.2, 0) is 9.53 Å². The third-order valence-corrected chi connectivity index (χ3v) is 2.03. The summed E-state index contributed by atoms with van der Waals surface area (Å²) in [5.74, 6) is -0.520. The summed E-state index contributed by atoms with van der Waals surface area (Å²) in [6.07, 6.45) is 0. The number of ether oxygens (including phenoxy) is 3. The van der Waals surface area contributed by atoms with E-state index in [9.17, 15) is 9.59 Å². The highest BCUT2D eigenvalue weighted by molar-refractivity contribution is 5.96. The maximum atomic E-state index is 11.2. The molecule has 6 nitrogen and oxygen atoms in total. The molecule has 1 aromatic rings. The topological polar surface area (TPSA) is 87.8 Å². The number of carbonyl (C=O) groups excluding carboxylic acids is 2. The van der Waals surface area contributed by atoms with Gasteiger partial charge in [-0.05, 0) is 18.2 Å². The summed E-state index contributed by atoms with van der Waals surface area (Å²) >= 11 is 0. The highest BCUT2D eigenvalue weighted by Crippen LogP contribution is 2.23. The normalized spacial score (nSPS) is 9.53. The van der Waals surface area contributed by atoms with Crippen molar-refractivity contribution >= 4 is 11.9 Å². The van der Waals surface area contributed by atoms with Gasteiger partial charge in [0.2, 0.25) is 0 Å². The third-order valence-electron chi connectivity index (χ3n) is 2.03. The van der Waals surface area contributed by atoms with Crippen LogP contribution in [0, 0.1) is 0 Å². The summed E-state index contributed by atoms with van der Waals surface area (Å²) in [7, 11) is 2.71. The average Bonchev–Trinajstić information content (AvgIpc) is 2.35. The Bertz CT molecular complexity index is 430. The van der Waals surface area contributed by atoms with E-state index in [1.54, 1.807) is 6.07 Å². The Morgan fingerprint density at radius 1 is 1.29 bits per heavy atom. The highest BCUT2D eigenvalue weighted by atomic mass is 16.6. The second kappa shape index (κ2) is 5.74. The lowest BCUT2D eigenvalue weighted by Crippen LogP contribution is -2.17. The zero-order valence-corrected chi connectivity index (χ0v) is 9.56. The standard InChI is InChI=1S/C11H13NO5/c1-15-7-3-4-9(8(5-7)11(12)14)17-6-10(13)16-2/h3-5H,6H2,1-2H3,(H2,12,14). The van der Waals surface area contributed by atoms with Gasteiger partial charge >= 0.3 is 5.97 Å². The van der Waals surface area contributed by atoms with Gasteiger partial charge in [-0.2, -0.15) is 0 Å². The zero-order valence-electron chi connectivity index (χ0n) is 9.56. The lowest BCUT2D eigenvalue weighted by molar-refractivity contribution is -0.142. The van der Waals surface area contributed by atoms with E-state index >= 15 is 0 Å². The number of benzene rings is 1. The van der Waals surface area contributed by atoms with E-state index in [-0.39, 0.29) is 17.9 Å². The fraction of sp³-hybridized carbons (Fsp3) is 0.273. The molecule has 0 saturated heterocycles. The maximum absolute atomic E-state index is 11.2. The van der Waals surface area contributed by atoms with Crippen LogP contribution in [0.4, 0.5) is 0 Å². The minimum atomic E-state index is -0.663. The zero-order chi connectivity index (χ0) is 12.8. The van der Waals surface area contributed by atoms with Crippen LogP contribution in [0.5, 0.6) is 11.5 Å². The molecular formula is C11H13NO5. The molecule has 0 aliphatic heterocycles. The molecule has 0 aliphatic carbocycles. The van der Waals surface area contributed by atoms with Gasteiger partial charge in [-0.15, -0.1) is 0 Å². The molecular weight excluding hydrogens is 226 g/mol. The smallest absolute Gasteiger partial charge is 0.343 e. The van der Waals surface area contributed by atoms with Crippen molar-refractivity contribution in [3.05, 3.63) is 23.8 Å².